The van der Waals surface area contributed by atoms with Crippen molar-refractivity contribution in [3.63, 3.8) is 0 Å². The third-order valence-electron chi connectivity index (χ3n) is 4.17. The van der Waals surface area contributed by atoms with Gasteiger partial charge >= 0.3 is 0 Å². The molecule has 1 unspecified atom stereocenters. The Morgan fingerprint density at radius 1 is 1.29 bits per heavy atom. The van der Waals surface area contributed by atoms with E-state index in [1.807, 2.05) is 0 Å². The highest BCUT2D eigenvalue weighted by Crippen LogP contribution is 2.41. The fraction of sp³-hybridized carbons (Fsp3) is 1.00. The minimum absolute atomic E-state index is 0.641. The van der Waals surface area contributed by atoms with Crippen LogP contribution in [0, 0.1) is 17.3 Å². The molecule has 0 radical (unpaired) electrons. The van der Waals surface area contributed by atoms with Gasteiger partial charge in [0.1, 0.15) is 0 Å². The zero-order valence-electron chi connectivity index (χ0n) is 9.97. The largest absolute Gasteiger partial charge is 0.313 e. The molecule has 2 saturated carbocycles. The van der Waals surface area contributed by atoms with E-state index in [-0.39, 0.29) is 0 Å². The van der Waals surface area contributed by atoms with Crippen molar-refractivity contribution in [3.05, 3.63) is 0 Å². The third kappa shape index (κ3) is 2.31. The van der Waals surface area contributed by atoms with E-state index in [1.54, 1.807) is 0 Å². The van der Waals surface area contributed by atoms with Crippen molar-refractivity contribution >= 4 is 0 Å². The smallest absolute Gasteiger partial charge is 0.0118 e. The number of hydrogen-bond acceptors (Lipinski definition) is 1. The van der Waals surface area contributed by atoms with E-state index in [9.17, 15) is 0 Å². The molecular weight excluding hydrogens is 170 g/mol. The second-order valence-corrected chi connectivity index (χ2v) is 6.15. The molecule has 82 valence electrons. The van der Waals surface area contributed by atoms with Crippen molar-refractivity contribution in [2.75, 3.05) is 6.54 Å². The van der Waals surface area contributed by atoms with Crippen LogP contribution in [0.2, 0.25) is 0 Å². The van der Waals surface area contributed by atoms with Crippen molar-refractivity contribution in [1.82, 2.24) is 5.32 Å². The van der Waals surface area contributed by atoms with Gasteiger partial charge in [0.15, 0.2) is 0 Å². The first-order chi connectivity index (χ1) is 6.61. The summed E-state index contributed by atoms with van der Waals surface area (Å²) in [5, 5.41) is 3.82. The lowest BCUT2D eigenvalue weighted by atomic mass is 9.70. The van der Waals surface area contributed by atoms with Gasteiger partial charge in [-0.05, 0) is 42.9 Å². The minimum Gasteiger partial charge on any atom is -0.313 e. The standard InChI is InChI=1S/C13H25N/c1-10(2)12(11-5-6-11)14-9-13(3)7-4-8-13/h10-12,14H,4-9H2,1-3H3. The Labute approximate surface area is 88.7 Å². The van der Waals surface area contributed by atoms with Gasteiger partial charge in [-0.3, -0.25) is 0 Å². The topological polar surface area (TPSA) is 12.0 Å². The van der Waals surface area contributed by atoms with Gasteiger partial charge in [0.2, 0.25) is 0 Å². The summed E-state index contributed by atoms with van der Waals surface area (Å²) in [4.78, 5) is 0. The lowest BCUT2D eigenvalue weighted by Gasteiger charge is -2.40. The fourth-order valence-electron chi connectivity index (χ4n) is 2.72. The van der Waals surface area contributed by atoms with E-state index < -0.39 is 0 Å². The molecule has 0 aromatic carbocycles. The summed E-state index contributed by atoms with van der Waals surface area (Å²) < 4.78 is 0. The number of rotatable bonds is 5. The molecule has 0 heterocycles. The maximum absolute atomic E-state index is 3.82. The van der Waals surface area contributed by atoms with Crippen LogP contribution in [0.5, 0.6) is 0 Å². The second kappa shape index (κ2) is 3.84. The van der Waals surface area contributed by atoms with E-state index in [0.717, 1.165) is 17.9 Å². The Bertz CT molecular complexity index is 187. The van der Waals surface area contributed by atoms with E-state index in [1.165, 1.54) is 38.6 Å². The van der Waals surface area contributed by atoms with Crippen LogP contribution < -0.4 is 5.32 Å². The van der Waals surface area contributed by atoms with Crippen LogP contribution in [0.3, 0.4) is 0 Å². The van der Waals surface area contributed by atoms with Crippen LogP contribution in [-0.4, -0.2) is 12.6 Å². The van der Waals surface area contributed by atoms with Crippen LogP contribution in [-0.2, 0) is 0 Å². The molecule has 1 heteroatoms. The molecule has 2 fully saturated rings. The number of nitrogens with one attached hydrogen (secondary N) is 1. The minimum atomic E-state index is 0.641. The van der Waals surface area contributed by atoms with Crippen LogP contribution >= 0.6 is 0 Å². The van der Waals surface area contributed by atoms with Gasteiger partial charge in [0.25, 0.3) is 0 Å². The molecule has 0 amide bonds. The summed E-state index contributed by atoms with van der Waals surface area (Å²) in [6, 6.07) is 0.799. The molecule has 0 aliphatic heterocycles. The summed E-state index contributed by atoms with van der Waals surface area (Å²) in [5.74, 6) is 1.81. The molecule has 0 aromatic rings. The van der Waals surface area contributed by atoms with Crippen molar-refractivity contribution in [1.29, 1.82) is 0 Å². The summed E-state index contributed by atoms with van der Waals surface area (Å²) >= 11 is 0. The lowest BCUT2D eigenvalue weighted by molar-refractivity contribution is 0.143. The highest BCUT2D eigenvalue weighted by atomic mass is 14.9. The van der Waals surface area contributed by atoms with Crippen molar-refractivity contribution in [3.8, 4) is 0 Å². The molecule has 0 aromatic heterocycles. The summed E-state index contributed by atoms with van der Waals surface area (Å²) in [6.07, 6.45) is 7.26. The highest BCUT2D eigenvalue weighted by molar-refractivity contribution is 4.92. The summed E-state index contributed by atoms with van der Waals surface area (Å²) in [6.45, 7) is 8.41. The zero-order valence-corrected chi connectivity index (χ0v) is 9.97. The Kier molecular flexibility index (Phi) is 2.88. The van der Waals surface area contributed by atoms with Gasteiger partial charge in [-0.25, -0.2) is 0 Å². The first-order valence-corrected chi connectivity index (χ1v) is 6.34. The van der Waals surface area contributed by atoms with Crippen molar-refractivity contribution in [2.45, 2.75) is 58.9 Å². The Balaban J connectivity index is 1.76. The molecule has 2 rings (SSSR count). The quantitative estimate of drug-likeness (QED) is 0.710. The van der Waals surface area contributed by atoms with Crippen LogP contribution in [0.25, 0.3) is 0 Å². The van der Waals surface area contributed by atoms with E-state index >= 15 is 0 Å². The van der Waals surface area contributed by atoms with Crippen molar-refractivity contribution in [2.24, 2.45) is 17.3 Å². The fourth-order valence-corrected chi connectivity index (χ4v) is 2.72. The molecule has 2 aliphatic carbocycles. The second-order valence-electron chi connectivity index (χ2n) is 6.15. The molecule has 0 spiro atoms. The van der Waals surface area contributed by atoms with Gasteiger partial charge in [0.05, 0.1) is 0 Å². The van der Waals surface area contributed by atoms with Gasteiger partial charge < -0.3 is 5.32 Å². The van der Waals surface area contributed by atoms with Crippen molar-refractivity contribution < 1.29 is 0 Å². The SMILES string of the molecule is CC(C)C(NCC1(C)CCC1)C1CC1. The van der Waals surface area contributed by atoms with Gasteiger partial charge in [0, 0.05) is 12.6 Å². The monoisotopic (exact) mass is 195 g/mol. The Morgan fingerprint density at radius 2 is 1.93 bits per heavy atom. The van der Waals surface area contributed by atoms with E-state index in [2.05, 4.69) is 26.1 Å². The van der Waals surface area contributed by atoms with Crippen LogP contribution in [0.4, 0.5) is 0 Å². The summed E-state index contributed by atoms with van der Waals surface area (Å²) in [7, 11) is 0. The molecule has 2 aliphatic rings. The highest BCUT2D eigenvalue weighted by Gasteiger charge is 2.36. The average Bonchev–Trinajstić information content (AvgIpc) is 2.84. The maximum atomic E-state index is 3.82. The Morgan fingerprint density at radius 3 is 2.29 bits per heavy atom. The third-order valence-corrected chi connectivity index (χ3v) is 4.17. The predicted molar refractivity (Wildman–Crippen MR) is 61.3 cm³/mol. The molecule has 0 bridgehead atoms. The molecule has 1 atom stereocenters. The van der Waals surface area contributed by atoms with Crippen LogP contribution in [0.1, 0.15) is 52.9 Å². The normalized spacial score (nSPS) is 27.4. The van der Waals surface area contributed by atoms with E-state index in [0.29, 0.717) is 5.41 Å². The van der Waals surface area contributed by atoms with Gasteiger partial charge in [-0.15, -0.1) is 0 Å². The predicted octanol–water partition coefficient (Wildman–Crippen LogP) is 3.20. The molecular formula is C13H25N. The molecule has 1 N–H and O–H groups in total. The lowest BCUT2D eigenvalue weighted by Crippen LogP contribution is -2.44. The molecule has 14 heavy (non-hydrogen) atoms. The Hall–Kier alpha value is -0.0400. The average molecular weight is 195 g/mol. The number of hydrogen-bond donors (Lipinski definition) is 1. The van der Waals surface area contributed by atoms with Crippen LogP contribution in [0.15, 0.2) is 0 Å². The molecule has 1 nitrogen and oxygen atoms in total. The maximum Gasteiger partial charge on any atom is 0.0118 e. The van der Waals surface area contributed by atoms with Gasteiger partial charge in [-0.2, -0.15) is 0 Å². The van der Waals surface area contributed by atoms with E-state index in [4.69, 9.17) is 0 Å². The van der Waals surface area contributed by atoms with Gasteiger partial charge in [-0.1, -0.05) is 27.2 Å². The molecule has 0 saturated heterocycles. The first kappa shape index (κ1) is 10.5. The summed E-state index contributed by atoms with van der Waals surface area (Å²) in [5.41, 5.74) is 0.641. The zero-order chi connectivity index (χ0) is 10.2. The first-order valence-electron chi connectivity index (χ1n) is 6.34.